The van der Waals surface area contributed by atoms with Gasteiger partial charge in [0.1, 0.15) is 0 Å². The van der Waals surface area contributed by atoms with Gasteiger partial charge in [-0.2, -0.15) is 52.7 Å². The second-order valence-corrected chi connectivity index (χ2v) is 4.73. The van der Waals surface area contributed by atoms with Gasteiger partial charge in [-0.25, -0.2) is 19.2 Å². The largest absolute Gasteiger partial charge is 0.477 e. The molecule has 0 aromatic carbocycles. The lowest BCUT2D eigenvalue weighted by Crippen LogP contribution is -2.64. The number of halogens is 12. The molecule has 0 saturated carbocycles. The summed E-state index contributed by atoms with van der Waals surface area (Å²) >= 11 is 0. The third-order valence-electron chi connectivity index (χ3n) is 2.81. The summed E-state index contributed by atoms with van der Waals surface area (Å²) in [7, 11) is 0. The number of carboxylic acid groups (broad SMARTS) is 2. The van der Waals surface area contributed by atoms with E-state index in [9.17, 15) is 71.9 Å². The first kappa shape index (κ1) is 26.2. The topological polar surface area (TPSA) is 118 Å². The Morgan fingerprint density at radius 2 is 0.690 bits per heavy atom. The third kappa shape index (κ3) is 3.63. The summed E-state index contributed by atoms with van der Waals surface area (Å²) in [5.41, 5.74) is 0. The normalized spacial score (nSPS) is 14.3. The molecule has 2 N–H and O–H groups in total. The van der Waals surface area contributed by atoms with E-state index >= 15 is 0 Å². The molecule has 168 valence electrons. The molecule has 0 aliphatic carbocycles. The number of hydrogen-bond acceptors (Lipinski definition) is 5. The second kappa shape index (κ2) is 6.94. The van der Waals surface area contributed by atoms with E-state index < -0.39 is 59.4 Å². The molecule has 0 atom stereocenters. The van der Waals surface area contributed by atoms with Gasteiger partial charge in [0.25, 0.3) is 0 Å². The number of hydrogen-bond donors (Lipinski definition) is 2. The van der Waals surface area contributed by atoms with Gasteiger partial charge in [0.2, 0.25) is 0 Å². The number of rotatable bonds is 8. The molecule has 0 aromatic rings. The Morgan fingerprint density at radius 1 is 0.483 bits per heavy atom. The molecule has 0 aliphatic heterocycles. The van der Waals surface area contributed by atoms with E-state index in [4.69, 9.17) is 10.2 Å². The zero-order valence-electron chi connectivity index (χ0n) is 12.5. The summed E-state index contributed by atoms with van der Waals surface area (Å²) in [5, 5.41) is 15.5. The maximum Gasteiger partial charge on any atom is 0.411 e. The number of carbonyl (C=O) groups excluding carboxylic acids is 2. The highest BCUT2D eigenvalue weighted by Crippen LogP contribution is 2.49. The van der Waals surface area contributed by atoms with E-state index in [0.717, 1.165) is 0 Å². The average molecular weight is 462 g/mol. The van der Waals surface area contributed by atoms with Crippen molar-refractivity contribution in [2.45, 2.75) is 35.5 Å². The highest BCUT2D eigenvalue weighted by atomic mass is 19.4. The van der Waals surface area contributed by atoms with Crippen LogP contribution in [-0.2, 0) is 23.9 Å². The summed E-state index contributed by atoms with van der Waals surface area (Å²) in [6.07, 6.45) is 0. The van der Waals surface area contributed by atoms with Gasteiger partial charge in [-0.05, 0) is 0 Å². The Bertz CT molecular complexity index is 669. The van der Waals surface area contributed by atoms with Crippen molar-refractivity contribution >= 4 is 23.9 Å². The molecule has 0 aromatic heterocycles. The van der Waals surface area contributed by atoms with Crippen LogP contribution >= 0.6 is 0 Å². The van der Waals surface area contributed by atoms with Gasteiger partial charge in [-0.1, -0.05) is 0 Å². The van der Waals surface area contributed by atoms with Crippen molar-refractivity contribution in [1.29, 1.82) is 0 Å². The summed E-state index contributed by atoms with van der Waals surface area (Å²) in [6, 6.07) is 0. The van der Waals surface area contributed by atoms with Crippen LogP contribution in [-0.4, -0.2) is 69.6 Å². The van der Waals surface area contributed by atoms with Gasteiger partial charge in [0.05, 0.1) is 0 Å². The summed E-state index contributed by atoms with van der Waals surface area (Å²) in [4.78, 5) is 41.1. The minimum absolute atomic E-state index is 2.11. The number of ether oxygens (including phenoxy) is 1. The lowest BCUT2D eigenvalue weighted by atomic mass is 10.0. The van der Waals surface area contributed by atoms with Crippen LogP contribution in [0.5, 0.6) is 0 Å². The molecule has 0 heterocycles. The van der Waals surface area contributed by atoms with E-state index in [1.807, 2.05) is 0 Å². The molecule has 0 fully saturated rings. The van der Waals surface area contributed by atoms with Crippen LogP contribution in [0.25, 0.3) is 0 Å². The van der Waals surface area contributed by atoms with E-state index in [1.54, 1.807) is 0 Å². The fourth-order valence-electron chi connectivity index (χ4n) is 1.13. The van der Waals surface area contributed by atoms with Crippen molar-refractivity contribution in [3.63, 3.8) is 0 Å². The van der Waals surface area contributed by atoms with Crippen LogP contribution in [0.15, 0.2) is 0 Å². The van der Waals surface area contributed by atoms with Crippen molar-refractivity contribution in [1.82, 2.24) is 0 Å². The molecule has 0 saturated heterocycles. The predicted octanol–water partition coefficient (Wildman–Crippen LogP) is 2.04. The van der Waals surface area contributed by atoms with E-state index in [1.165, 1.54) is 0 Å². The molecular formula is C10H2F12O7. The number of aliphatic carboxylic acids is 2. The molecule has 0 amide bonds. The summed E-state index contributed by atoms with van der Waals surface area (Å²) in [5.74, 6) is -59.5. The Morgan fingerprint density at radius 3 is 0.862 bits per heavy atom. The molecule has 29 heavy (non-hydrogen) atoms. The minimum atomic E-state index is -7.31. The smallest absolute Gasteiger partial charge is 0.411 e. The fraction of sp³-hybridized carbons (Fsp3) is 0.600. The van der Waals surface area contributed by atoms with Crippen LogP contribution < -0.4 is 0 Å². The highest BCUT2D eigenvalue weighted by Gasteiger charge is 2.82. The molecule has 0 spiro atoms. The summed E-state index contributed by atoms with van der Waals surface area (Å²) in [6.45, 7) is 0. The van der Waals surface area contributed by atoms with Crippen molar-refractivity contribution in [2.24, 2.45) is 0 Å². The lowest BCUT2D eigenvalue weighted by Gasteiger charge is -2.30. The SMILES string of the molecule is O=C(O)C(F)(F)C(F)(F)C(F)(F)C(=O)OC(=O)C(F)(F)C(F)(F)C(F)(F)C(=O)O. The van der Waals surface area contributed by atoms with Gasteiger partial charge in [-0.15, -0.1) is 0 Å². The first-order valence-electron chi connectivity index (χ1n) is 5.94. The number of esters is 2. The third-order valence-corrected chi connectivity index (χ3v) is 2.81. The van der Waals surface area contributed by atoms with E-state index in [2.05, 4.69) is 4.74 Å². The first-order valence-corrected chi connectivity index (χ1v) is 5.94. The van der Waals surface area contributed by atoms with Gasteiger partial charge in [0, 0.05) is 0 Å². The van der Waals surface area contributed by atoms with E-state index in [0.29, 0.717) is 0 Å². The zero-order chi connectivity index (χ0) is 24.0. The van der Waals surface area contributed by atoms with Gasteiger partial charge in [0.15, 0.2) is 0 Å². The van der Waals surface area contributed by atoms with Crippen molar-refractivity contribution in [3.05, 3.63) is 0 Å². The van der Waals surface area contributed by atoms with Crippen molar-refractivity contribution in [2.75, 3.05) is 0 Å². The zero-order valence-corrected chi connectivity index (χ0v) is 12.5. The fourth-order valence-corrected chi connectivity index (χ4v) is 1.13. The number of carbonyl (C=O) groups is 4. The van der Waals surface area contributed by atoms with Crippen LogP contribution in [0, 0.1) is 0 Å². The molecule has 0 rings (SSSR count). The molecule has 0 radical (unpaired) electrons. The van der Waals surface area contributed by atoms with Crippen molar-refractivity contribution < 1.29 is 86.8 Å². The monoisotopic (exact) mass is 462 g/mol. The van der Waals surface area contributed by atoms with Crippen LogP contribution in [0.1, 0.15) is 0 Å². The maximum atomic E-state index is 13.1. The predicted molar refractivity (Wildman–Crippen MR) is 56.1 cm³/mol. The van der Waals surface area contributed by atoms with Crippen molar-refractivity contribution in [3.8, 4) is 0 Å². The Labute approximate surface area is 147 Å². The standard InChI is InChI=1S/C10H2F12O7/c11-5(12,1(23)24)9(19,20)7(15,16)3(27)29-4(28)8(17,18)10(21,22)6(13,14)2(25)26/h(H,23,24)(H,25,26). The number of carboxylic acids is 2. The first-order chi connectivity index (χ1) is 12.4. The minimum Gasteiger partial charge on any atom is -0.477 e. The van der Waals surface area contributed by atoms with Gasteiger partial charge < -0.3 is 14.9 Å². The summed E-state index contributed by atoms with van der Waals surface area (Å²) < 4.78 is 157. The second-order valence-electron chi connectivity index (χ2n) is 4.73. The average Bonchev–Trinajstić information content (AvgIpc) is 2.53. The van der Waals surface area contributed by atoms with Crippen LogP contribution in [0.3, 0.4) is 0 Å². The van der Waals surface area contributed by atoms with Gasteiger partial charge >= 0.3 is 59.4 Å². The molecule has 0 unspecified atom stereocenters. The Balaban J connectivity index is 6.00. The Kier molecular flexibility index (Phi) is 6.28. The quantitative estimate of drug-likeness (QED) is 0.322. The molecule has 0 aliphatic rings. The molecule has 7 nitrogen and oxygen atoms in total. The van der Waals surface area contributed by atoms with E-state index in [-0.39, 0.29) is 0 Å². The molecule has 19 heteroatoms. The lowest BCUT2D eigenvalue weighted by molar-refractivity contribution is -0.308. The maximum absolute atomic E-state index is 13.1. The van der Waals surface area contributed by atoms with Crippen LogP contribution in [0.2, 0.25) is 0 Å². The van der Waals surface area contributed by atoms with Gasteiger partial charge in [-0.3, -0.25) is 0 Å². The van der Waals surface area contributed by atoms with Crippen LogP contribution in [0.4, 0.5) is 52.7 Å². The Hall–Kier alpha value is -2.76. The number of alkyl halides is 12. The highest BCUT2D eigenvalue weighted by molar-refractivity contribution is 5.95. The molecular weight excluding hydrogens is 460 g/mol. The molecule has 0 bridgehead atoms.